The highest BCUT2D eigenvalue weighted by atomic mass is 16.2. The maximum Gasteiger partial charge on any atom is 0.272 e. The van der Waals surface area contributed by atoms with E-state index in [0.29, 0.717) is 11.5 Å². The van der Waals surface area contributed by atoms with Gasteiger partial charge < -0.3 is 10.6 Å². The number of aromatic nitrogens is 3. The number of likely N-dealkylation sites (tertiary alicyclic amines) is 1. The molecule has 1 fully saturated rings. The van der Waals surface area contributed by atoms with Gasteiger partial charge in [-0.05, 0) is 44.4 Å². The number of pyridine rings is 1. The Bertz CT molecular complexity index is 638. The van der Waals surface area contributed by atoms with E-state index in [1.165, 1.54) is 0 Å². The number of nitrogens with two attached hydrogens (primary N) is 1. The van der Waals surface area contributed by atoms with Crippen molar-refractivity contribution in [2.75, 3.05) is 6.54 Å². The fourth-order valence-corrected chi connectivity index (χ4v) is 2.98. The van der Waals surface area contributed by atoms with Crippen LogP contribution in [0.3, 0.4) is 0 Å². The van der Waals surface area contributed by atoms with Gasteiger partial charge in [0.25, 0.3) is 5.91 Å². The van der Waals surface area contributed by atoms with Crippen LogP contribution in [0.4, 0.5) is 0 Å². The van der Waals surface area contributed by atoms with E-state index in [4.69, 9.17) is 5.73 Å². The zero-order valence-electron chi connectivity index (χ0n) is 12.7. The van der Waals surface area contributed by atoms with E-state index in [1.54, 1.807) is 16.9 Å². The zero-order valence-corrected chi connectivity index (χ0v) is 12.7. The van der Waals surface area contributed by atoms with Crippen molar-refractivity contribution < 1.29 is 4.79 Å². The number of carbonyl (C=O) groups is 1. The Hall–Kier alpha value is -2.21. The van der Waals surface area contributed by atoms with Crippen molar-refractivity contribution in [2.24, 2.45) is 5.73 Å². The molecule has 2 unspecified atom stereocenters. The molecule has 2 aromatic rings. The highest BCUT2D eigenvalue weighted by Crippen LogP contribution is 2.21. The van der Waals surface area contributed by atoms with Gasteiger partial charge >= 0.3 is 0 Å². The van der Waals surface area contributed by atoms with Gasteiger partial charge in [0.2, 0.25) is 0 Å². The quantitative estimate of drug-likeness (QED) is 0.934. The van der Waals surface area contributed by atoms with Gasteiger partial charge in [-0.3, -0.25) is 4.79 Å². The molecule has 22 heavy (non-hydrogen) atoms. The number of hydrogen-bond acceptors (Lipinski definition) is 4. The fraction of sp³-hybridized carbons (Fsp3) is 0.438. The summed E-state index contributed by atoms with van der Waals surface area (Å²) in [7, 11) is 0. The summed E-state index contributed by atoms with van der Waals surface area (Å²) in [6.07, 6.45) is 6.60. The second-order valence-electron chi connectivity index (χ2n) is 5.75. The summed E-state index contributed by atoms with van der Waals surface area (Å²) < 4.78 is 1.65. The first-order chi connectivity index (χ1) is 10.7. The lowest BCUT2D eigenvalue weighted by Crippen LogP contribution is -2.51. The lowest BCUT2D eigenvalue weighted by atomic mass is 9.96. The number of carbonyl (C=O) groups excluding carboxylic acids is 1. The Labute approximate surface area is 129 Å². The van der Waals surface area contributed by atoms with Crippen molar-refractivity contribution in [3.8, 4) is 5.82 Å². The van der Waals surface area contributed by atoms with Gasteiger partial charge in [0.05, 0.1) is 0 Å². The van der Waals surface area contributed by atoms with Crippen molar-refractivity contribution in [1.82, 2.24) is 19.7 Å². The third kappa shape index (κ3) is 2.87. The molecule has 116 valence electrons. The number of nitrogens with zero attached hydrogens (tertiary/aromatic N) is 4. The molecule has 0 saturated carbocycles. The fourth-order valence-electron chi connectivity index (χ4n) is 2.98. The summed E-state index contributed by atoms with van der Waals surface area (Å²) in [5, 5.41) is 4.15. The summed E-state index contributed by atoms with van der Waals surface area (Å²) >= 11 is 0. The number of hydrogen-bond donors (Lipinski definition) is 1. The van der Waals surface area contributed by atoms with E-state index < -0.39 is 0 Å². The normalized spacial score (nSPS) is 19.9. The molecule has 1 aliphatic heterocycles. The van der Waals surface area contributed by atoms with Crippen molar-refractivity contribution >= 4 is 5.91 Å². The second kappa shape index (κ2) is 6.27. The first-order valence-corrected chi connectivity index (χ1v) is 7.70. The minimum Gasteiger partial charge on any atom is -0.333 e. The second-order valence-corrected chi connectivity index (χ2v) is 5.75. The van der Waals surface area contributed by atoms with E-state index in [0.717, 1.165) is 25.8 Å². The molecule has 6 heteroatoms. The topological polar surface area (TPSA) is 77.0 Å². The molecule has 2 aromatic heterocycles. The van der Waals surface area contributed by atoms with Gasteiger partial charge in [-0.1, -0.05) is 6.07 Å². The summed E-state index contributed by atoms with van der Waals surface area (Å²) in [6, 6.07) is 7.31. The zero-order chi connectivity index (χ0) is 15.5. The third-order valence-electron chi connectivity index (χ3n) is 4.11. The Morgan fingerprint density at radius 3 is 2.95 bits per heavy atom. The van der Waals surface area contributed by atoms with Crippen LogP contribution < -0.4 is 5.73 Å². The van der Waals surface area contributed by atoms with Crippen LogP contribution in [0.2, 0.25) is 0 Å². The molecule has 0 aliphatic carbocycles. The van der Waals surface area contributed by atoms with Gasteiger partial charge in [-0.2, -0.15) is 5.10 Å². The van der Waals surface area contributed by atoms with Crippen LogP contribution in [0.15, 0.2) is 36.7 Å². The van der Waals surface area contributed by atoms with Crippen LogP contribution in [0, 0.1) is 0 Å². The first kappa shape index (κ1) is 14.7. The Kier molecular flexibility index (Phi) is 4.20. The maximum absolute atomic E-state index is 12.8. The molecule has 1 saturated heterocycles. The molecular weight excluding hydrogens is 278 g/mol. The van der Waals surface area contributed by atoms with Crippen LogP contribution in [0.1, 0.15) is 36.7 Å². The van der Waals surface area contributed by atoms with Gasteiger partial charge in [-0.25, -0.2) is 9.67 Å². The Balaban J connectivity index is 1.86. The smallest absolute Gasteiger partial charge is 0.272 e. The lowest BCUT2D eigenvalue weighted by molar-refractivity contribution is 0.0577. The van der Waals surface area contributed by atoms with Crippen molar-refractivity contribution in [2.45, 2.75) is 38.3 Å². The van der Waals surface area contributed by atoms with E-state index >= 15 is 0 Å². The molecule has 0 spiro atoms. The molecule has 2 N–H and O–H groups in total. The molecule has 2 atom stereocenters. The minimum atomic E-state index is -0.0454. The highest BCUT2D eigenvalue weighted by molar-refractivity contribution is 5.92. The average Bonchev–Trinajstić information content (AvgIpc) is 3.09. The van der Waals surface area contributed by atoms with Crippen LogP contribution in [0.25, 0.3) is 5.82 Å². The maximum atomic E-state index is 12.8. The van der Waals surface area contributed by atoms with Crippen molar-refractivity contribution in [1.29, 1.82) is 0 Å². The molecule has 6 nitrogen and oxygen atoms in total. The van der Waals surface area contributed by atoms with Gasteiger partial charge in [0, 0.05) is 31.0 Å². The molecule has 3 heterocycles. The first-order valence-electron chi connectivity index (χ1n) is 7.70. The van der Waals surface area contributed by atoms with Crippen LogP contribution in [-0.2, 0) is 0 Å². The predicted molar refractivity (Wildman–Crippen MR) is 83.7 cm³/mol. The Morgan fingerprint density at radius 1 is 1.36 bits per heavy atom. The minimum absolute atomic E-state index is 0.0291. The van der Waals surface area contributed by atoms with Crippen molar-refractivity contribution in [3.63, 3.8) is 0 Å². The monoisotopic (exact) mass is 299 g/mol. The number of rotatable bonds is 3. The SMILES string of the molecule is CC(N)C1CCCCN1C(=O)c1cccc(-n2cccn2)n1. The summed E-state index contributed by atoms with van der Waals surface area (Å²) in [4.78, 5) is 19.1. The van der Waals surface area contributed by atoms with Gasteiger partial charge in [-0.15, -0.1) is 0 Å². The standard InChI is InChI=1S/C16H21N5O/c1-12(17)14-7-2-3-10-20(14)16(22)13-6-4-8-15(19-13)21-11-5-9-18-21/h4-6,8-9,11-12,14H,2-3,7,10,17H2,1H3. The van der Waals surface area contributed by atoms with E-state index in [-0.39, 0.29) is 18.0 Å². The summed E-state index contributed by atoms with van der Waals surface area (Å²) in [6.45, 7) is 2.71. The molecule has 0 aromatic carbocycles. The van der Waals surface area contributed by atoms with E-state index in [9.17, 15) is 4.79 Å². The average molecular weight is 299 g/mol. The Morgan fingerprint density at radius 2 is 2.23 bits per heavy atom. The van der Waals surface area contributed by atoms with Gasteiger partial charge in [0.1, 0.15) is 5.69 Å². The van der Waals surface area contributed by atoms with Gasteiger partial charge in [0.15, 0.2) is 5.82 Å². The third-order valence-corrected chi connectivity index (χ3v) is 4.11. The van der Waals surface area contributed by atoms with E-state index in [1.807, 2.05) is 36.2 Å². The highest BCUT2D eigenvalue weighted by Gasteiger charge is 2.30. The largest absolute Gasteiger partial charge is 0.333 e. The van der Waals surface area contributed by atoms with Crippen LogP contribution in [0.5, 0.6) is 0 Å². The van der Waals surface area contributed by atoms with E-state index in [2.05, 4.69) is 10.1 Å². The van der Waals surface area contributed by atoms with Crippen molar-refractivity contribution in [3.05, 3.63) is 42.4 Å². The number of piperidine rings is 1. The molecular formula is C16H21N5O. The summed E-state index contributed by atoms with van der Waals surface area (Å²) in [5.41, 5.74) is 6.50. The van der Waals surface area contributed by atoms with Crippen LogP contribution >= 0.6 is 0 Å². The molecule has 0 bridgehead atoms. The predicted octanol–water partition coefficient (Wildman–Crippen LogP) is 1.61. The molecule has 0 radical (unpaired) electrons. The number of amides is 1. The lowest BCUT2D eigenvalue weighted by Gasteiger charge is -2.37. The van der Waals surface area contributed by atoms with Crippen LogP contribution in [-0.4, -0.2) is 44.2 Å². The molecule has 1 aliphatic rings. The summed E-state index contributed by atoms with van der Waals surface area (Å²) in [5.74, 6) is 0.598. The molecule has 1 amide bonds. The molecule has 3 rings (SSSR count).